The van der Waals surface area contributed by atoms with Gasteiger partial charge < -0.3 is 9.30 Å². The average molecular weight is 431 g/mol. The Balaban J connectivity index is 2.10. The number of benzene rings is 1. The summed E-state index contributed by atoms with van der Waals surface area (Å²) in [4.78, 5) is 20.4. The highest BCUT2D eigenvalue weighted by atomic mass is 32.2. The summed E-state index contributed by atoms with van der Waals surface area (Å²) in [7, 11) is -1.79. The van der Waals surface area contributed by atoms with Crippen LogP contribution >= 0.6 is 0 Å². The Morgan fingerprint density at radius 3 is 2.60 bits per heavy atom. The number of aromatic nitrogens is 3. The molecule has 0 amide bonds. The lowest BCUT2D eigenvalue weighted by Crippen LogP contribution is -2.15. The Morgan fingerprint density at radius 2 is 1.93 bits per heavy atom. The van der Waals surface area contributed by atoms with Crippen molar-refractivity contribution >= 4 is 9.84 Å². The molecule has 0 N–H and O–H groups in total. The van der Waals surface area contributed by atoms with Gasteiger partial charge in [0.1, 0.15) is 0 Å². The maximum Gasteiger partial charge on any atom is 0.250 e. The quantitative estimate of drug-likeness (QED) is 0.569. The van der Waals surface area contributed by atoms with Gasteiger partial charge >= 0.3 is 0 Å². The number of halogens is 1. The van der Waals surface area contributed by atoms with Gasteiger partial charge in [-0.15, -0.1) is 0 Å². The molecule has 3 rings (SSSR count). The van der Waals surface area contributed by atoms with E-state index in [0.717, 1.165) is 0 Å². The van der Waals surface area contributed by atoms with Crippen molar-refractivity contribution in [2.45, 2.75) is 26.0 Å². The first kappa shape index (κ1) is 21.6. The summed E-state index contributed by atoms with van der Waals surface area (Å²) in [5.74, 6) is -0.631. The van der Waals surface area contributed by atoms with E-state index in [0.29, 0.717) is 17.5 Å². The van der Waals surface area contributed by atoms with E-state index in [-0.39, 0.29) is 40.2 Å². The summed E-state index contributed by atoms with van der Waals surface area (Å²) in [5, 5.41) is 0. The van der Waals surface area contributed by atoms with Crippen molar-refractivity contribution in [1.29, 1.82) is 0 Å². The predicted molar refractivity (Wildman–Crippen MR) is 112 cm³/mol. The highest BCUT2D eigenvalue weighted by Gasteiger charge is 2.17. The van der Waals surface area contributed by atoms with Gasteiger partial charge in [0.05, 0.1) is 17.2 Å². The van der Waals surface area contributed by atoms with Gasteiger partial charge in [0.15, 0.2) is 27.2 Å². The van der Waals surface area contributed by atoms with Crippen molar-refractivity contribution in [1.82, 2.24) is 14.5 Å². The summed E-state index contributed by atoms with van der Waals surface area (Å²) in [6.07, 6.45) is 2.03. The first-order valence-electron chi connectivity index (χ1n) is 9.37. The highest BCUT2D eigenvalue weighted by Crippen LogP contribution is 2.29. The molecule has 0 aliphatic carbocycles. The zero-order valence-corrected chi connectivity index (χ0v) is 17.7. The first-order chi connectivity index (χ1) is 14.2. The maximum atomic E-state index is 14.2. The number of rotatable bonds is 7. The Kier molecular flexibility index (Phi) is 6.31. The number of ether oxygens (including phenoxy) is 1. The van der Waals surface area contributed by atoms with Gasteiger partial charge in [0.25, 0.3) is 0 Å². The third-order valence-electron chi connectivity index (χ3n) is 4.35. The third-order valence-corrected chi connectivity index (χ3v) is 6.12. The molecule has 0 spiro atoms. The van der Waals surface area contributed by atoms with E-state index in [1.807, 2.05) is 0 Å². The van der Waals surface area contributed by atoms with E-state index in [1.54, 1.807) is 45.3 Å². The van der Waals surface area contributed by atoms with Crippen molar-refractivity contribution in [2.75, 3.05) is 5.75 Å². The number of hydrogen-bond acceptors (Lipinski definition) is 6. The second-order valence-electron chi connectivity index (χ2n) is 6.97. The van der Waals surface area contributed by atoms with Crippen LogP contribution in [0.1, 0.15) is 24.6 Å². The Bertz CT molecular complexity index is 1220. The van der Waals surface area contributed by atoms with Crippen molar-refractivity contribution in [3.8, 4) is 23.0 Å². The molecule has 2 heterocycles. The molecule has 0 unspecified atom stereocenters. The molecule has 0 atom stereocenters. The molecule has 7 nitrogen and oxygen atoms in total. The number of nitrogens with zero attached hydrogens (tertiary/aromatic N) is 3. The first-order valence-corrected chi connectivity index (χ1v) is 11.2. The Labute approximate surface area is 174 Å². The van der Waals surface area contributed by atoms with Gasteiger partial charge in [-0.05, 0) is 31.0 Å². The van der Waals surface area contributed by atoms with Gasteiger partial charge in [-0.1, -0.05) is 19.1 Å². The van der Waals surface area contributed by atoms with E-state index in [4.69, 9.17) is 4.74 Å². The van der Waals surface area contributed by atoms with E-state index < -0.39 is 15.7 Å². The Hall–Kier alpha value is -3.07. The molecule has 0 saturated carbocycles. The molecule has 2 aromatic heterocycles. The summed E-state index contributed by atoms with van der Waals surface area (Å²) < 4.78 is 45.9. The monoisotopic (exact) mass is 431 g/mol. The normalized spacial score (nSPS) is 11.5. The number of sulfone groups is 1. The fourth-order valence-corrected chi connectivity index (χ4v) is 4.28. The van der Waals surface area contributed by atoms with Crippen molar-refractivity contribution in [2.24, 2.45) is 7.05 Å². The summed E-state index contributed by atoms with van der Waals surface area (Å²) >= 11 is 0. The lowest BCUT2D eigenvalue weighted by molar-refractivity contribution is 0.423. The van der Waals surface area contributed by atoms with Crippen LogP contribution in [0.3, 0.4) is 0 Å². The van der Waals surface area contributed by atoms with Crippen LogP contribution in [0.15, 0.2) is 47.4 Å². The molecule has 3 aromatic rings. The van der Waals surface area contributed by atoms with Crippen LogP contribution in [-0.4, -0.2) is 28.7 Å². The van der Waals surface area contributed by atoms with Crippen LogP contribution in [0.5, 0.6) is 11.6 Å². The minimum atomic E-state index is -3.38. The number of para-hydroxylation sites is 1. The third kappa shape index (κ3) is 5.10. The van der Waals surface area contributed by atoms with Crippen LogP contribution in [0.2, 0.25) is 0 Å². The summed E-state index contributed by atoms with van der Waals surface area (Å²) in [5.41, 5.74) is 1.09. The molecule has 0 aliphatic heterocycles. The molecule has 0 bridgehead atoms. The zero-order valence-electron chi connectivity index (χ0n) is 16.9. The molecule has 0 saturated heterocycles. The molecule has 158 valence electrons. The fraction of sp³-hybridized carbons (Fsp3) is 0.286. The summed E-state index contributed by atoms with van der Waals surface area (Å²) in [6.45, 7) is 3.48. The lowest BCUT2D eigenvalue weighted by atomic mass is 10.2. The maximum absolute atomic E-state index is 14.2. The molecule has 0 fully saturated rings. The Morgan fingerprint density at radius 1 is 1.17 bits per heavy atom. The fourth-order valence-electron chi connectivity index (χ4n) is 2.91. The SMILES string of the molecule is CCCS(=O)(=O)Cc1cc(Oc2c(C)cccc2F)nc(-c2ccc(=O)n(C)c2)n1. The molecule has 0 radical (unpaired) electrons. The van der Waals surface area contributed by atoms with Gasteiger partial charge in [-0.2, -0.15) is 4.98 Å². The minimum Gasteiger partial charge on any atom is -0.436 e. The van der Waals surface area contributed by atoms with Crippen molar-refractivity contribution < 1.29 is 17.5 Å². The average Bonchev–Trinajstić information content (AvgIpc) is 2.66. The van der Waals surface area contributed by atoms with E-state index in [2.05, 4.69) is 9.97 Å². The number of aryl methyl sites for hydroxylation is 2. The highest BCUT2D eigenvalue weighted by molar-refractivity contribution is 7.90. The zero-order chi connectivity index (χ0) is 21.9. The van der Waals surface area contributed by atoms with Gasteiger partial charge in [0, 0.05) is 30.9 Å². The second-order valence-corrected chi connectivity index (χ2v) is 9.15. The van der Waals surface area contributed by atoms with Gasteiger partial charge in [-0.3, -0.25) is 4.79 Å². The number of pyridine rings is 1. The predicted octanol–water partition coefficient (Wildman–Crippen LogP) is 3.41. The van der Waals surface area contributed by atoms with Gasteiger partial charge in [0.2, 0.25) is 11.4 Å². The topological polar surface area (TPSA) is 91.2 Å². The lowest BCUT2D eigenvalue weighted by Gasteiger charge is -2.12. The van der Waals surface area contributed by atoms with Crippen LogP contribution in [0, 0.1) is 12.7 Å². The van der Waals surface area contributed by atoms with Crippen LogP contribution in [0.4, 0.5) is 4.39 Å². The molecular weight excluding hydrogens is 409 g/mol. The minimum absolute atomic E-state index is 0.00461. The van der Waals surface area contributed by atoms with E-state index >= 15 is 0 Å². The molecule has 1 aromatic carbocycles. The smallest absolute Gasteiger partial charge is 0.250 e. The largest absolute Gasteiger partial charge is 0.436 e. The summed E-state index contributed by atoms with van der Waals surface area (Å²) in [6, 6.07) is 8.83. The number of hydrogen-bond donors (Lipinski definition) is 0. The van der Waals surface area contributed by atoms with Crippen LogP contribution in [0.25, 0.3) is 11.4 Å². The van der Waals surface area contributed by atoms with E-state index in [1.165, 1.54) is 22.8 Å². The van der Waals surface area contributed by atoms with Crippen molar-refractivity contribution in [3.05, 3.63) is 70.0 Å². The molecule has 9 heteroatoms. The van der Waals surface area contributed by atoms with E-state index in [9.17, 15) is 17.6 Å². The van der Waals surface area contributed by atoms with Crippen LogP contribution in [-0.2, 0) is 22.6 Å². The molecular formula is C21H22FN3O4S. The van der Waals surface area contributed by atoms with Crippen LogP contribution < -0.4 is 10.3 Å². The standard InChI is InChI=1S/C21H22FN3O4S/c1-4-10-30(27,28)13-16-11-18(29-20-14(2)6-5-7-17(20)22)24-21(23-16)15-8-9-19(26)25(3)12-15/h5-9,11-12H,4,10,13H2,1-3H3. The van der Waals surface area contributed by atoms with Crippen molar-refractivity contribution in [3.63, 3.8) is 0 Å². The molecule has 0 aliphatic rings. The molecule has 30 heavy (non-hydrogen) atoms. The second kappa shape index (κ2) is 8.74. The van der Waals surface area contributed by atoms with Gasteiger partial charge in [-0.25, -0.2) is 17.8 Å².